The van der Waals surface area contributed by atoms with Crippen molar-refractivity contribution in [2.45, 2.75) is 58.0 Å². The summed E-state index contributed by atoms with van der Waals surface area (Å²) in [6.07, 6.45) is 3.98. The fraction of sp³-hybridized carbons (Fsp3) is 0.357. The molecule has 0 spiro atoms. The molecule has 3 aliphatic rings. The van der Waals surface area contributed by atoms with Crippen LogP contribution in [-0.4, -0.2) is 18.2 Å². The van der Waals surface area contributed by atoms with Crippen LogP contribution in [0.4, 0.5) is 0 Å². The molecule has 0 radical (unpaired) electrons. The molecular formula is C28H27ClO5. The van der Waals surface area contributed by atoms with Crippen molar-refractivity contribution in [3.63, 3.8) is 0 Å². The largest absolute Gasteiger partial charge is 0.490 e. The molecule has 0 fully saturated rings. The van der Waals surface area contributed by atoms with Crippen LogP contribution in [0, 0.1) is 0 Å². The van der Waals surface area contributed by atoms with E-state index >= 15 is 0 Å². The van der Waals surface area contributed by atoms with E-state index < -0.39 is 5.92 Å². The van der Waals surface area contributed by atoms with Gasteiger partial charge < -0.3 is 14.2 Å². The fourth-order valence-electron chi connectivity index (χ4n) is 4.98. The van der Waals surface area contributed by atoms with E-state index in [9.17, 15) is 9.59 Å². The molecule has 0 amide bonds. The highest BCUT2D eigenvalue weighted by Crippen LogP contribution is 2.48. The molecule has 1 aliphatic heterocycles. The van der Waals surface area contributed by atoms with E-state index in [4.69, 9.17) is 25.8 Å². The van der Waals surface area contributed by atoms with E-state index in [0.29, 0.717) is 53.7 Å². The average Bonchev–Trinajstić information content (AvgIpc) is 2.83. The summed E-state index contributed by atoms with van der Waals surface area (Å²) < 4.78 is 18.1. The second-order valence-corrected chi connectivity index (χ2v) is 9.25. The lowest BCUT2D eigenvalue weighted by Gasteiger charge is -2.36. The zero-order chi connectivity index (χ0) is 23.7. The number of carbonyl (C=O) groups excluding carboxylic acids is 2. The SMILES string of the molecule is CCOc1cc(C2C3=C(CCCC3=O)OC3=C2C(=O)CCC3)ccc1OCc1ccc(Cl)cc1. The smallest absolute Gasteiger partial charge is 0.163 e. The maximum absolute atomic E-state index is 13.0. The Kier molecular flexibility index (Phi) is 6.46. The van der Waals surface area contributed by atoms with Crippen LogP contribution in [0.2, 0.25) is 5.02 Å². The van der Waals surface area contributed by atoms with Crippen LogP contribution >= 0.6 is 11.6 Å². The van der Waals surface area contributed by atoms with Gasteiger partial charge in [-0.05, 0) is 55.2 Å². The summed E-state index contributed by atoms with van der Waals surface area (Å²) >= 11 is 5.98. The van der Waals surface area contributed by atoms with Crippen LogP contribution < -0.4 is 9.47 Å². The minimum absolute atomic E-state index is 0.0669. The van der Waals surface area contributed by atoms with Gasteiger partial charge in [0.25, 0.3) is 0 Å². The summed E-state index contributed by atoms with van der Waals surface area (Å²) in [5.74, 6) is 2.39. The summed E-state index contributed by atoms with van der Waals surface area (Å²) in [5, 5.41) is 0.677. The summed E-state index contributed by atoms with van der Waals surface area (Å²) in [7, 11) is 0. The van der Waals surface area contributed by atoms with Crippen LogP contribution in [0.5, 0.6) is 11.5 Å². The van der Waals surface area contributed by atoms with Gasteiger partial charge in [0.15, 0.2) is 23.1 Å². The first-order valence-electron chi connectivity index (χ1n) is 11.9. The highest BCUT2D eigenvalue weighted by Gasteiger charge is 2.41. The van der Waals surface area contributed by atoms with Crippen LogP contribution in [0.1, 0.15) is 62.5 Å². The average molecular weight is 479 g/mol. The molecule has 2 aromatic rings. The van der Waals surface area contributed by atoms with Crippen molar-refractivity contribution in [3.8, 4) is 11.5 Å². The third kappa shape index (κ3) is 4.37. The third-order valence-electron chi connectivity index (χ3n) is 6.55. The normalized spacial score (nSPS) is 18.4. The lowest BCUT2D eigenvalue weighted by Crippen LogP contribution is -2.30. The van der Waals surface area contributed by atoms with Gasteiger partial charge in [0.05, 0.1) is 6.61 Å². The zero-order valence-electron chi connectivity index (χ0n) is 19.2. The Morgan fingerprint density at radius 2 is 1.50 bits per heavy atom. The molecule has 2 aromatic carbocycles. The summed E-state index contributed by atoms with van der Waals surface area (Å²) in [4.78, 5) is 26.0. The third-order valence-corrected chi connectivity index (χ3v) is 6.80. The van der Waals surface area contributed by atoms with Gasteiger partial charge in [-0.3, -0.25) is 9.59 Å². The number of carbonyl (C=O) groups is 2. The van der Waals surface area contributed by atoms with E-state index in [1.165, 1.54) is 0 Å². The molecule has 34 heavy (non-hydrogen) atoms. The molecule has 0 atom stereocenters. The minimum atomic E-state index is -0.413. The van der Waals surface area contributed by atoms with Crippen molar-refractivity contribution in [2.24, 2.45) is 0 Å². The molecule has 0 unspecified atom stereocenters. The summed E-state index contributed by atoms with van der Waals surface area (Å²) in [5.41, 5.74) is 3.12. The van der Waals surface area contributed by atoms with Gasteiger partial charge in [0.2, 0.25) is 0 Å². The minimum Gasteiger partial charge on any atom is -0.490 e. The van der Waals surface area contributed by atoms with Gasteiger partial charge in [0.1, 0.15) is 18.1 Å². The molecule has 5 rings (SSSR count). The van der Waals surface area contributed by atoms with Crippen molar-refractivity contribution in [2.75, 3.05) is 6.61 Å². The van der Waals surface area contributed by atoms with Crippen LogP contribution in [0.3, 0.4) is 0 Å². The zero-order valence-corrected chi connectivity index (χ0v) is 20.0. The number of Topliss-reactive ketones (excluding diaryl/α,β-unsaturated/α-hetero) is 2. The van der Waals surface area contributed by atoms with Crippen molar-refractivity contribution < 1.29 is 23.8 Å². The van der Waals surface area contributed by atoms with Gasteiger partial charge in [-0.2, -0.15) is 0 Å². The van der Waals surface area contributed by atoms with E-state index in [2.05, 4.69) is 0 Å². The Bertz CT molecular complexity index is 1150. The van der Waals surface area contributed by atoms with Crippen LogP contribution in [0.15, 0.2) is 65.1 Å². The topological polar surface area (TPSA) is 61.8 Å². The molecular weight excluding hydrogens is 452 g/mol. The van der Waals surface area contributed by atoms with E-state index in [1.54, 1.807) is 0 Å². The van der Waals surface area contributed by atoms with Crippen molar-refractivity contribution in [1.82, 2.24) is 0 Å². The second kappa shape index (κ2) is 9.67. The highest BCUT2D eigenvalue weighted by molar-refractivity contribution is 6.30. The Hall–Kier alpha value is -3.05. The summed E-state index contributed by atoms with van der Waals surface area (Å²) in [6, 6.07) is 13.2. The number of ether oxygens (including phenoxy) is 3. The van der Waals surface area contributed by atoms with Gasteiger partial charge in [0, 0.05) is 47.8 Å². The molecule has 176 valence electrons. The number of halogens is 1. The van der Waals surface area contributed by atoms with Gasteiger partial charge in [-0.15, -0.1) is 0 Å². The lowest BCUT2D eigenvalue weighted by molar-refractivity contribution is -0.117. The van der Waals surface area contributed by atoms with Crippen molar-refractivity contribution >= 4 is 23.2 Å². The molecule has 0 saturated carbocycles. The maximum atomic E-state index is 13.0. The first-order chi connectivity index (χ1) is 16.5. The molecule has 0 N–H and O–H groups in total. The maximum Gasteiger partial charge on any atom is 0.163 e. The number of hydrogen-bond donors (Lipinski definition) is 0. The highest BCUT2D eigenvalue weighted by atomic mass is 35.5. The monoisotopic (exact) mass is 478 g/mol. The first kappa shape index (κ1) is 22.7. The number of ketones is 2. The van der Waals surface area contributed by atoms with E-state index in [1.807, 2.05) is 49.4 Å². The van der Waals surface area contributed by atoms with Gasteiger partial charge in [-0.1, -0.05) is 29.8 Å². The van der Waals surface area contributed by atoms with Crippen LogP contribution in [0.25, 0.3) is 0 Å². The number of benzene rings is 2. The standard InChI is InChI=1S/C28H27ClO5/c1-2-32-25-15-18(11-14-22(25)33-16-17-9-12-19(29)13-10-17)26-27-20(30)5-3-7-23(27)34-24-8-4-6-21(31)28(24)26/h9-15,26H,2-8,16H2,1H3. The fourth-order valence-corrected chi connectivity index (χ4v) is 5.11. The first-order valence-corrected chi connectivity index (χ1v) is 12.3. The molecule has 6 heteroatoms. The Morgan fingerprint density at radius 3 is 2.12 bits per heavy atom. The predicted molar refractivity (Wildman–Crippen MR) is 129 cm³/mol. The second-order valence-electron chi connectivity index (χ2n) is 8.82. The Morgan fingerprint density at radius 1 is 0.853 bits per heavy atom. The molecule has 0 bridgehead atoms. The molecule has 1 heterocycles. The predicted octanol–water partition coefficient (Wildman–Crippen LogP) is 6.45. The Labute approximate surface area is 204 Å². The van der Waals surface area contributed by atoms with Crippen molar-refractivity contribution in [1.29, 1.82) is 0 Å². The van der Waals surface area contributed by atoms with Gasteiger partial charge in [-0.25, -0.2) is 0 Å². The quantitative estimate of drug-likeness (QED) is 0.477. The number of rotatable bonds is 6. The van der Waals surface area contributed by atoms with E-state index in [0.717, 1.165) is 48.3 Å². The van der Waals surface area contributed by atoms with Crippen molar-refractivity contribution in [3.05, 3.63) is 81.3 Å². The molecule has 5 nitrogen and oxygen atoms in total. The van der Waals surface area contributed by atoms with Crippen LogP contribution in [-0.2, 0) is 20.9 Å². The molecule has 0 saturated heterocycles. The summed E-state index contributed by atoms with van der Waals surface area (Å²) in [6.45, 7) is 2.75. The van der Waals surface area contributed by atoms with Gasteiger partial charge >= 0.3 is 0 Å². The van der Waals surface area contributed by atoms with E-state index in [-0.39, 0.29) is 11.6 Å². The molecule has 0 aromatic heterocycles. The lowest BCUT2D eigenvalue weighted by atomic mass is 9.73. The number of hydrogen-bond acceptors (Lipinski definition) is 5. The molecule has 2 aliphatic carbocycles. The number of allylic oxidation sites excluding steroid dienone is 4. The Balaban J connectivity index is 1.52.